The van der Waals surface area contributed by atoms with Gasteiger partial charge in [-0.25, -0.2) is 4.98 Å². The maximum Gasteiger partial charge on any atom is 0.261 e. The van der Waals surface area contributed by atoms with Crippen LogP contribution in [0.3, 0.4) is 0 Å². The Balaban J connectivity index is 0.945. The second-order valence-electron chi connectivity index (χ2n) is 11.9. The number of rotatable bonds is 9. The number of piperidine rings is 1. The molecule has 0 unspecified atom stereocenters. The third-order valence-electron chi connectivity index (χ3n) is 8.86. The van der Waals surface area contributed by atoms with E-state index in [1.165, 1.54) is 10.9 Å². The van der Waals surface area contributed by atoms with Crippen LogP contribution in [0, 0.1) is 0 Å². The van der Waals surface area contributed by atoms with Crippen molar-refractivity contribution in [1.82, 2.24) is 19.4 Å². The summed E-state index contributed by atoms with van der Waals surface area (Å²) < 4.78 is 1.43. The molecule has 224 valence electrons. The molecule has 1 amide bonds. The number of fused-ring (bicyclic) bond motifs is 3. The van der Waals surface area contributed by atoms with Gasteiger partial charge in [0.1, 0.15) is 0 Å². The quantitative estimate of drug-likeness (QED) is 0.184. The van der Waals surface area contributed by atoms with E-state index in [0.717, 1.165) is 52.9 Å². The average molecular weight is 622 g/mol. The van der Waals surface area contributed by atoms with E-state index in [4.69, 9.17) is 28.2 Å². The van der Waals surface area contributed by atoms with E-state index in [1.807, 2.05) is 18.2 Å². The largest absolute Gasteiger partial charge is 0.388 e. The van der Waals surface area contributed by atoms with Gasteiger partial charge in [-0.05, 0) is 74.8 Å². The Morgan fingerprint density at radius 3 is 2.51 bits per heavy atom. The number of hydrogen-bond acceptors (Lipinski definition) is 6. The second kappa shape index (κ2) is 12.3. The minimum atomic E-state index is -1.09. The highest BCUT2D eigenvalue weighted by atomic mass is 35.5. The van der Waals surface area contributed by atoms with Crippen LogP contribution < -0.4 is 5.56 Å². The van der Waals surface area contributed by atoms with Crippen molar-refractivity contribution >= 4 is 56.7 Å². The van der Waals surface area contributed by atoms with Crippen molar-refractivity contribution < 1.29 is 14.7 Å². The Bertz CT molecular complexity index is 1780. The van der Waals surface area contributed by atoms with E-state index >= 15 is 0 Å². The first-order chi connectivity index (χ1) is 20.7. The molecule has 43 heavy (non-hydrogen) atoms. The number of Topliss-reactive ketones (excluding diaryl/α,β-unsaturated/α-hetero) is 1. The van der Waals surface area contributed by atoms with Gasteiger partial charge in [-0.15, -0.1) is 0 Å². The molecule has 2 aliphatic rings. The second-order valence-corrected chi connectivity index (χ2v) is 12.7. The van der Waals surface area contributed by atoms with Gasteiger partial charge in [0.2, 0.25) is 5.91 Å². The molecule has 1 saturated heterocycles. The van der Waals surface area contributed by atoms with Crippen LogP contribution in [0.2, 0.25) is 10.0 Å². The number of unbranched alkanes of at least 4 members (excludes halogenated alkanes) is 2. The SMILES string of the molecule is O=C(CCCCCC(=O)N1CCC(O)(Cn2cnc3cc(Cl)ccc3c2=O)CC1)c1ccc2c(Cl)c3c(nc2c1)CCC3. The van der Waals surface area contributed by atoms with Gasteiger partial charge in [0, 0.05) is 47.6 Å². The molecule has 0 radical (unpaired) electrons. The van der Waals surface area contributed by atoms with Crippen molar-refractivity contribution in [3.05, 3.63) is 79.9 Å². The minimum Gasteiger partial charge on any atom is -0.388 e. The molecule has 0 saturated carbocycles. The van der Waals surface area contributed by atoms with E-state index in [2.05, 4.69) is 4.98 Å². The highest BCUT2D eigenvalue weighted by Gasteiger charge is 2.34. The van der Waals surface area contributed by atoms with E-state index in [0.29, 0.717) is 73.1 Å². The highest BCUT2D eigenvalue weighted by Crippen LogP contribution is 2.34. The molecule has 0 spiro atoms. The molecule has 1 N–H and O–H groups in total. The summed E-state index contributed by atoms with van der Waals surface area (Å²) in [7, 11) is 0. The van der Waals surface area contributed by atoms with Crippen LogP contribution in [0.15, 0.2) is 47.5 Å². The standard InChI is InChI=1S/C33H34Cl2N4O4/c34-22-10-12-25-27(18-22)36-20-39(32(25)42)19-33(43)13-15-38(16-14-33)30(41)8-3-1-2-7-29(40)21-9-11-24-28(17-21)37-26-6-4-5-23(26)31(24)35/h9-12,17-18,20,43H,1-8,13-16,19H2. The lowest BCUT2D eigenvalue weighted by Crippen LogP contribution is -2.49. The molecular weight excluding hydrogens is 587 g/mol. The van der Waals surface area contributed by atoms with Crippen LogP contribution in [0.5, 0.6) is 0 Å². The maximum absolute atomic E-state index is 12.9. The third kappa shape index (κ3) is 6.33. The predicted octanol–water partition coefficient (Wildman–Crippen LogP) is 5.93. The molecule has 1 fully saturated rings. The fourth-order valence-electron chi connectivity index (χ4n) is 6.31. The maximum atomic E-state index is 12.9. The first-order valence-corrected chi connectivity index (χ1v) is 15.8. The zero-order chi connectivity index (χ0) is 30.1. The van der Waals surface area contributed by atoms with Gasteiger partial charge in [-0.2, -0.15) is 0 Å². The number of nitrogens with zero attached hydrogens (tertiary/aromatic N) is 4. The molecule has 2 aromatic carbocycles. The number of benzene rings is 2. The predicted molar refractivity (Wildman–Crippen MR) is 168 cm³/mol. The van der Waals surface area contributed by atoms with Crippen molar-refractivity contribution in [2.24, 2.45) is 0 Å². The summed E-state index contributed by atoms with van der Waals surface area (Å²) in [5.41, 5.74) is 2.82. The number of aromatic nitrogens is 3. The average Bonchev–Trinajstić information content (AvgIpc) is 3.47. The Morgan fingerprint density at radius 2 is 1.70 bits per heavy atom. The summed E-state index contributed by atoms with van der Waals surface area (Å²) in [5.74, 6) is 0.131. The Hall–Kier alpha value is -3.33. The summed E-state index contributed by atoms with van der Waals surface area (Å²) in [6.07, 6.45) is 8.19. The lowest BCUT2D eigenvalue weighted by molar-refractivity contribution is -0.136. The Kier molecular flexibility index (Phi) is 8.54. The summed E-state index contributed by atoms with van der Waals surface area (Å²) >= 11 is 12.6. The van der Waals surface area contributed by atoms with Gasteiger partial charge >= 0.3 is 0 Å². The number of aliphatic hydroxyl groups is 1. The number of carbonyl (C=O) groups excluding carboxylic acids is 2. The molecule has 1 aliphatic heterocycles. The zero-order valence-corrected chi connectivity index (χ0v) is 25.5. The topological polar surface area (TPSA) is 105 Å². The van der Waals surface area contributed by atoms with Crippen LogP contribution in [0.25, 0.3) is 21.8 Å². The summed E-state index contributed by atoms with van der Waals surface area (Å²) in [6.45, 7) is 0.987. The number of ketones is 1. The molecular formula is C33H34Cl2N4O4. The number of amides is 1. The third-order valence-corrected chi connectivity index (χ3v) is 9.53. The fraction of sp³-hybridized carbons (Fsp3) is 0.424. The summed E-state index contributed by atoms with van der Waals surface area (Å²) in [5, 5.41) is 13.8. The highest BCUT2D eigenvalue weighted by molar-refractivity contribution is 6.36. The molecule has 1 aliphatic carbocycles. The van der Waals surface area contributed by atoms with Crippen LogP contribution >= 0.6 is 23.2 Å². The van der Waals surface area contributed by atoms with E-state index in [9.17, 15) is 19.5 Å². The number of aryl methyl sites for hydroxylation is 1. The van der Waals surface area contributed by atoms with Gasteiger partial charge in [0.15, 0.2) is 5.78 Å². The number of carbonyl (C=O) groups is 2. The lowest BCUT2D eigenvalue weighted by Gasteiger charge is -2.38. The van der Waals surface area contributed by atoms with Crippen LogP contribution in [-0.2, 0) is 24.2 Å². The molecule has 10 heteroatoms. The smallest absolute Gasteiger partial charge is 0.261 e. The zero-order valence-electron chi connectivity index (χ0n) is 24.0. The molecule has 2 aromatic heterocycles. The normalized spacial score (nSPS) is 16.1. The van der Waals surface area contributed by atoms with Gasteiger partial charge < -0.3 is 10.0 Å². The molecule has 4 aromatic rings. The van der Waals surface area contributed by atoms with Crippen LogP contribution in [0.4, 0.5) is 0 Å². The number of halogens is 2. The molecule has 8 nitrogen and oxygen atoms in total. The van der Waals surface area contributed by atoms with E-state index < -0.39 is 5.60 Å². The minimum absolute atomic E-state index is 0.0554. The van der Waals surface area contributed by atoms with Gasteiger partial charge in [0.05, 0.1) is 39.9 Å². The molecule has 0 bridgehead atoms. The van der Waals surface area contributed by atoms with Gasteiger partial charge in [0.25, 0.3) is 5.56 Å². The van der Waals surface area contributed by atoms with Crippen molar-refractivity contribution in [1.29, 1.82) is 0 Å². The van der Waals surface area contributed by atoms with Crippen molar-refractivity contribution in [3.63, 3.8) is 0 Å². The van der Waals surface area contributed by atoms with Crippen LogP contribution in [0.1, 0.15) is 73.0 Å². The Labute approximate surface area is 259 Å². The van der Waals surface area contributed by atoms with Crippen LogP contribution in [-0.4, -0.2) is 54.9 Å². The molecule has 6 rings (SSSR count). The van der Waals surface area contributed by atoms with Crippen molar-refractivity contribution in [2.75, 3.05) is 13.1 Å². The van der Waals surface area contributed by atoms with E-state index in [1.54, 1.807) is 23.1 Å². The van der Waals surface area contributed by atoms with Gasteiger partial charge in [-0.1, -0.05) is 41.8 Å². The van der Waals surface area contributed by atoms with Crippen molar-refractivity contribution in [2.45, 2.75) is 76.4 Å². The Morgan fingerprint density at radius 1 is 0.930 bits per heavy atom. The number of likely N-dealkylation sites (tertiary alicyclic amines) is 1. The van der Waals surface area contributed by atoms with Gasteiger partial charge in [-0.3, -0.25) is 23.9 Å². The lowest BCUT2D eigenvalue weighted by atomic mass is 9.91. The van der Waals surface area contributed by atoms with Crippen molar-refractivity contribution in [3.8, 4) is 0 Å². The first kappa shape index (κ1) is 29.7. The monoisotopic (exact) mass is 620 g/mol. The summed E-state index contributed by atoms with van der Waals surface area (Å²) in [4.78, 5) is 49.5. The summed E-state index contributed by atoms with van der Waals surface area (Å²) in [6, 6.07) is 10.5. The fourth-order valence-corrected chi connectivity index (χ4v) is 6.84. The first-order valence-electron chi connectivity index (χ1n) is 15.0. The number of pyridine rings is 1. The molecule has 3 heterocycles. The molecule has 0 atom stereocenters. The van der Waals surface area contributed by atoms with E-state index in [-0.39, 0.29) is 23.8 Å². The number of hydrogen-bond donors (Lipinski definition) is 1.